The van der Waals surface area contributed by atoms with Crippen molar-refractivity contribution >= 4 is 34.9 Å². The molecule has 0 fully saturated rings. The van der Waals surface area contributed by atoms with Gasteiger partial charge in [0.1, 0.15) is 5.82 Å². The van der Waals surface area contributed by atoms with Crippen molar-refractivity contribution in [3.63, 3.8) is 0 Å². The summed E-state index contributed by atoms with van der Waals surface area (Å²) in [6.45, 7) is 1.86. The van der Waals surface area contributed by atoms with Gasteiger partial charge in [-0.25, -0.2) is 9.18 Å². The summed E-state index contributed by atoms with van der Waals surface area (Å²) in [7, 11) is 1.67. The minimum absolute atomic E-state index is 0.205. The molecule has 0 aliphatic heterocycles. The summed E-state index contributed by atoms with van der Waals surface area (Å²) in [6.07, 6.45) is 0. The third-order valence-corrected chi connectivity index (χ3v) is 4.16. The molecule has 2 aromatic rings. The second-order valence-corrected chi connectivity index (χ2v) is 5.71. The van der Waals surface area contributed by atoms with Gasteiger partial charge in [-0.3, -0.25) is 0 Å². The Kier molecular flexibility index (Phi) is 5.27. The van der Waals surface area contributed by atoms with Crippen LogP contribution in [-0.2, 0) is 0 Å². The number of nitrogens with one attached hydrogen (secondary N) is 1. The van der Waals surface area contributed by atoms with Gasteiger partial charge in [0.05, 0.1) is 16.1 Å². The van der Waals surface area contributed by atoms with Crippen LogP contribution in [-0.4, -0.2) is 18.0 Å². The van der Waals surface area contributed by atoms with Crippen molar-refractivity contribution in [3.05, 3.63) is 63.9 Å². The van der Waals surface area contributed by atoms with Crippen molar-refractivity contribution in [2.24, 2.45) is 0 Å². The van der Waals surface area contributed by atoms with Crippen molar-refractivity contribution in [1.82, 2.24) is 4.90 Å². The van der Waals surface area contributed by atoms with Crippen LogP contribution in [0.3, 0.4) is 0 Å². The number of carbonyl (C=O) groups excluding carboxylic acids is 1. The molecule has 0 aliphatic rings. The molecular weight excluding hydrogens is 326 g/mol. The van der Waals surface area contributed by atoms with Gasteiger partial charge in [0.25, 0.3) is 0 Å². The highest BCUT2D eigenvalue weighted by molar-refractivity contribution is 6.42. The summed E-state index contributed by atoms with van der Waals surface area (Å²) in [5, 5.41) is 3.53. The van der Waals surface area contributed by atoms with E-state index in [1.165, 1.54) is 17.0 Å². The molecule has 2 rings (SSSR count). The largest absolute Gasteiger partial charge is 0.322 e. The molecule has 0 heterocycles. The zero-order chi connectivity index (χ0) is 16.3. The van der Waals surface area contributed by atoms with E-state index >= 15 is 0 Å². The SMILES string of the molecule is CC(c1ccc(F)cc1)N(C)C(=O)Nc1ccc(Cl)c(Cl)c1. The van der Waals surface area contributed by atoms with Crippen LogP contribution in [0.4, 0.5) is 14.9 Å². The van der Waals surface area contributed by atoms with Crippen molar-refractivity contribution < 1.29 is 9.18 Å². The summed E-state index contributed by atoms with van der Waals surface area (Å²) >= 11 is 11.8. The first kappa shape index (κ1) is 16.6. The average molecular weight is 341 g/mol. The number of rotatable bonds is 3. The van der Waals surface area contributed by atoms with Gasteiger partial charge in [-0.15, -0.1) is 0 Å². The Hall–Kier alpha value is -1.78. The van der Waals surface area contributed by atoms with Crippen LogP contribution >= 0.6 is 23.2 Å². The van der Waals surface area contributed by atoms with Crippen LogP contribution in [0.2, 0.25) is 10.0 Å². The molecule has 1 N–H and O–H groups in total. The number of carbonyl (C=O) groups is 1. The molecule has 0 aliphatic carbocycles. The molecule has 0 bridgehead atoms. The van der Waals surface area contributed by atoms with E-state index in [4.69, 9.17) is 23.2 Å². The molecule has 2 aromatic carbocycles. The smallest absolute Gasteiger partial charge is 0.321 e. The van der Waals surface area contributed by atoms with Gasteiger partial charge in [-0.05, 0) is 42.8 Å². The normalized spacial score (nSPS) is 11.9. The van der Waals surface area contributed by atoms with E-state index in [1.807, 2.05) is 6.92 Å². The summed E-state index contributed by atoms with van der Waals surface area (Å²) in [4.78, 5) is 13.8. The van der Waals surface area contributed by atoms with Gasteiger partial charge in [0, 0.05) is 12.7 Å². The van der Waals surface area contributed by atoms with E-state index in [1.54, 1.807) is 37.4 Å². The number of nitrogens with zero attached hydrogens (tertiary/aromatic N) is 1. The summed E-state index contributed by atoms with van der Waals surface area (Å²) in [6, 6.07) is 10.4. The number of hydrogen-bond acceptors (Lipinski definition) is 1. The van der Waals surface area contributed by atoms with Crippen LogP contribution in [0.1, 0.15) is 18.5 Å². The zero-order valence-electron chi connectivity index (χ0n) is 12.1. The summed E-state index contributed by atoms with van der Waals surface area (Å²) in [5.74, 6) is -0.307. The van der Waals surface area contributed by atoms with Crippen molar-refractivity contribution in [1.29, 1.82) is 0 Å². The fraction of sp³-hybridized carbons (Fsp3) is 0.188. The standard InChI is InChI=1S/C16H15Cl2FN2O/c1-10(11-3-5-12(19)6-4-11)21(2)16(22)20-13-7-8-14(17)15(18)9-13/h3-10H,1-2H3,(H,20,22). The molecule has 0 aromatic heterocycles. The maximum atomic E-state index is 13.0. The summed E-state index contributed by atoms with van der Waals surface area (Å²) < 4.78 is 13.0. The van der Waals surface area contributed by atoms with Gasteiger partial charge in [-0.1, -0.05) is 35.3 Å². The van der Waals surface area contributed by atoms with Crippen molar-refractivity contribution in [3.8, 4) is 0 Å². The Morgan fingerprint density at radius 1 is 1.14 bits per heavy atom. The highest BCUT2D eigenvalue weighted by atomic mass is 35.5. The molecule has 116 valence electrons. The quantitative estimate of drug-likeness (QED) is 0.801. The van der Waals surface area contributed by atoms with E-state index in [0.29, 0.717) is 15.7 Å². The Labute approximate surface area is 138 Å². The Balaban J connectivity index is 2.07. The van der Waals surface area contributed by atoms with Crippen LogP contribution in [0.5, 0.6) is 0 Å². The maximum Gasteiger partial charge on any atom is 0.322 e. The van der Waals surface area contributed by atoms with E-state index in [-0.39, 0.29) is 17.9 Å². The van der Waals surface area contributed by atoms with Crippen LogP contribution in [0.25, 0.3) is 0 Å². The molecule has 0 saturated heterocycles. The minimum Gasteiger partial charge on any atom is -0.321 e. The Morgan fingerprint density at radius 2 is 1.77 bits per heavy atom. The van der Waals surface area contributed by atoms with Gasteiger partial charge >= 0.3 is 6.03 Å². The second-order valence-electron chi connectivity index (χ2n) is 4.90. The molecule has 22 heavy (non-hydrogen) atoms. The van der Waals surface area contributed by atoms with Gasteiger partial charge in [0.2, 0.25) is 0 Å². The highest BCUT2D eigenvalue weighted by Gasteiger charge is 2.17. The lowest BCUT2D eigenvalue weighted by molar-refractivity contribution is 0.208. The van der Waals surface area contributed by atoms with E-state index in [2.05, 4.69) is 5.32 Å². The predicted molar refractivity (Wildman–Crippen MR) is 88.1 cm³/mol. The van der Waals surface area contributed by atoms with Gasteiger partial charge < -0.3 is 10.2 Å². The van der Waals surface area contributed by atoms with Crippen LogP contribution in [0.15, 0.2) is 42.5 Å². The third-order valence-electron chi connectivity index (χ3n) is 3.42. The topological polar surface area (TPSA) is 32.3 Å². The number of urea groups is 1. The fourth-order valence-electron chi connectivity index (χ4n) is 1.93. The molecule has 6 heteroatoms. The van der Waals surface area contributed by atoms with E-state index in [0.717, 1.165) is 5.56 Å². The monoisotopic (exact) mass is 340 g/mol. The number of benzene rings is 2. The number of amides is 2. The molecule has 1 atom stereocenters. The fourth-order valence-corrected chi connectivity index (χ4v) is 2.22. The number of hydrogen-bond donors (Lipinski definition) is 1. The van der Waals surface area contributed by atoms with Crippen molar-refractivity contribution in [2.75, 3.05) is 12.4 Å². The lowest BCUT2D eigenvalue weighted by Gasteiger charge is -2.25. The molecule has 0 spiro atoms. The summed E-state index contributed by atoms with van der Waals surface area (Å²) in [5.41, 5.74) is 1.39. The average Bonchev–Trinajstić information content (AvgIpc) is 2.50. The first-order valence-electron chi connectivity index (χ1n) is 6.63. The first-order chi connectivity index (χ1) is 10.4. The minimum atomic E-state index is -0.307. The van der Waals surface area contributed by atoms with E-state index < -0.39 is 0 Å². The third kappa shape index (κ3) is 3.90. The maximum absolute atomic E-state index is 13.0. The molecule has 0 saturated carbocycles. The molecule has 1 unspecified atom stereocenters. The molecule has 3 nitrogen and oxygen atoms in total. The Bertz CT molecular complexity index is 676. The highest BCUT2D eigenvalue weighted by Crippen LogP contribution is 2.26. The zero-order valence-corrected chi connectivity index (χ0v) is 13.6. The van der Waals surface area contributed by atoms with Crippen LogP contribution < -0.4 is 5.32 Å². The van der Waals surface area contributed by atoms with Crippen LogP contribution in [0, 0.1) is 5.82 Å². The van der Waals surface area contributed by atoms with Gasteiger partial charge in [-0.2, -0.15) is 0 Å². The van der Waals surface area contributed by atoms with E-state index in [9.17, 15) is 9.18 Å². The number of anilines is 1. The Morgan fingerprint density at radius 3 is 2.36 bits per heavy atom. The molecule has 2 amide bonds. The lowest BCUT2D eigenvalue weighted by atomic mass is 10.1. The van der Waals surface area contributed by atoms with Crippen molar-refractivity contribution in [2.45, 2.75) is 13.0 Å². The molecule has 0 radical (unpaired) electrons. The number of halogens is 3. The first-order valence-corrected chi connectivity index (χ1v) is 7.38. The molecular formula is C16H15Cl2FN2O. The lowest BCUT2D eigenvalue weighted by Crippen LogP contribution is -2.33. The van der Waals surface area contributed by atoms with Gasteiger partial charge in [0.15, 0.2) is 0 Å². The second kappa shape index (κ2) is 6.99. The predicted octanol–water partition coefficient (Wildman–Crippen LogP) is 5.36.